The number of likely N-dealkylation sites (tertiary alicyclic amines) is 1. The van der Waals surface area contributed by atoms with Crippen LogP contribution in [0.2, 0.25) is 17.3 Å². The Kier molecular flexibility index (Phi) is 36.0. The first-order chi connectivity index (χ1) is 70.6. The van der Waals surface area contributed by atoms with Crippen molar-refractivity contribution in [3.8, 4) is 22.7 Å². The number of fused-ring (bicyclic) bond motifs is 4. The number of carbonyl (C=O) groups excluding carboxylic acids is 4. The summed E-state index contributed by atoms with van der Waals surface area (Å²) in [7, 11) is -11.4. The summed E-state index contributed by atoms with van der Waals surface area (Å²) in [4.78, 5) is 124. The number of likely N-dealkylation sites (N-methyl/N-ethyl adjacent to an activating group) is 1. The van der Waals surface area contributed by atoms with Gasteiger partial charge in [-0.3, -0.25) is 56.6 Å². The Morgan fingerprint density at radius 2 is 0.642 bits per heavy atom. The van der Waals surface area contributed by atoms with Gasteiger partial charge in [-0.2, -0.15) is 0 Å². The number of hydrogen-bond acceptors (Lipinski definition) is 30. The summed E-state index contributed by atoms with van der Waals surface area (Å²) in [5.41, 5.74) is 4.79. The van der Waals surface area contributed by atoms with E-state index in [2.05, 4.69) is 46.1 Å². The van der Waals surface area contributed by atoms with Crippen LogP contribution in [0.15, 0.2) is 255 Å². The fraction of sp³-hybridized carbons (Fsp3) is 0.255. The van der Waals surface area contributed by atoms with Gasteiger partial charge in [-0.25, -0.2) is 71.2 Å². The molecule has 1 aliphatic carbocycles. The van der Waals surface area contributed by atoms with Crippen molar-refractivity contribution in [2.45, 2.75) is 88.0 Å². The third-order valence-electron chi connectivity index (χ3n) is 23.5. The largest absolute Gasteiger partial charge is 0.385 e. The molecule has 2 aliphatic rings. The highest BCUT2D eigenvalue weighted by molar-refractivity contribution is 7.95. The second kappa shape index (κ2) is 48.5. The maximum atomic E-state index is 15.1. The molecule has 9 heterocycles. The van der Waals surface area contributed by atoms with Crippen LogP contribution in [0.25, 0.3) is 66.4 Å². The molecule has 772 valence electrons. The van der Waals surface area contributed by atoms with Crippen LogP contribution in [-0.4, -0.2) is 194 Å². The zero-order valence-corrected chi connectivity index (χ0v) is 88.8. The monoisotopic (exact) mass is 2240 g/mol. The number of carbonyl (C=O) groups is 4. The predicted octanol–water partition coefficient (Wildman–Crippen LogP) is 17.8. The zero-order chi connectivity index (χ0) is 106. The number of anilines is 4. The molecule has 0 atom stereocenters. The molecular formula is C102H94Cl4F4N14O16S8. The van der Waals surface area contributed by atoms with Gasteiger partial charge >= 0.3 is 0 Å². The molecule has 0 unspecified atom stereocenters. The summed E-state index contributed by atoms with van der Waals surface area (Å²) in [5, 5.41) is 14.6. The average Bonchev–Trinajstić information content (AvgIpc) is 1.17. The number of Topliss-reactive ketones (excluding diaryl/α,β-unsaturated/α-hetero) is 4. The highest BCUT2D eigenvalue weighted by atomic mass is 35.5. The van der Waals surface area contributed by atoms with Crippen molar-refractivity contribution in [3.63, 3.8) is 0 Å². The van der Waals surface area contributed by atoms with Crippen LogP contribution in [0.3, 0.4) is 0 Å². The van der Waals surface area contributed by atoms with Crippen LogP contribution in [0.4, 0.5) is 40.3 Å². The standard InChI is InChI=1S/C28H28ClFN4O4S2.C25H24ClFN4O4S2.C25H21ClFN3O4S2.C24H21ClFN3O4S2/c29-26-8-9-27(39-26)40(37,38)17-21(35)14-19-4-7-25(23(30)15-19)34-18-32-24-16-20(5-6-22(24)28(34)36)31-10-13-33-11-2-1-3-12-33;1-30(2)10-9-28-17-4-5-19-21(13-17)29-15-31(25(19)33)22-6-3-16(12-20(22)27)11-18(32)14-37(34,35)24-8-7-23(26)36-24;26-23-7-8-24(35-23)36(33,34)13-18(31)9-16-3-6-22(20(27)10-16)30-14-29-21-11-17(28-12-15-1-2-15)4-5-19(21)25(30)32;1-2-9-27-16-4-5-18-20(12-16)28-14-29(24(18)31)21-6-3-15(11-19(21)26)10-17(30)13-35(32,33)23-8-7-22(25)34-23/h4-9,15-16,18,31H,1-3,10-14,17H2;3-8,12-13,15,28H,9-11,14H2,1-2H3;3-8,10-11,14-15,28H,1-2,9,12-13H2;3-8,11-12,14,27H,2,9-10,13H2,1H3. The van der Waals surface area contributed by atoms with Crippen molar-refractivity contribution in [2.75, 3.05) is 111 Å². The quantitative estimate of drug-likeness (QED) is 0.0261. The highest BCUT2D eigenvalue weighted by Crippen LogP contribution is 2.35. The smallest absolute Gasteiger partial charge is 0.265 e. The fourth-order valence-corrected chi connectivity index (χ4v) is 27.2. The molecule has 18 rings (SSSR count). The minimum absolute atomic E-state index is 0.00650. The van der Waals surface area contributed by atoms with Gasteiger partial charge in [0.05, 0.1) is 83.7 Å². The van der Waals surface area contributed by atoms with E-state index < -0.39 is 131 Å². The summed E-state index contributed by atoms with van der Waals surface area (Å²) in [5.74, 6) is -7.39. The van der Waals surface area contributed by atoms with E-state index in [1.807, 2.05) is 32.0 Å². The molecule has 148 heavy (non-hydrogen) atoms. The first-order valence-electron chi connectivity index (χ1n) is 46.1. The van der Waals surface area contributed by atoms with Gasteiger partial charge in [-0.1, -0.05) is 84.0 Å². The fourth-order valence-electron chi connectivity index (χ4n) is 16.0. The molecular weight excluding hydrogens is 2150 g/mol. The number of halogens is 8. The molecule has 1 aliphatic heterocycles. The number of thiophene rings is 4. The van der Waals surface area contributed by atoms with E-state index in [0.717, 1.165) is 169 Å². The van der Waals surface area contributed by atoms with Gasteiger partial charge in [-0.15, -0.1) is 45.3 Å². The normalized spacial score (nSPS) is 12.9. The maximum absolute atomic E-state index is 15.1. The van der Waals surface area contributed by atoms with Crippen LogP contribution >= 0.6 is 91.8 Å². The third kappa shape index (κ3) is 28.4. The molecule has 30 nitrogen and oxygen atoms in total. The van der Waals surface area contributed by atoms with E-state index in [9.17, 15) is 85.2 Å². The Morgan fingerprint density at radius 1 is 0.365 bits per heavy atom. The molecule has 1 saturated carbocycles. The molecule has 0 radical (unpaired) electrons. The van der Waals surface area contributed by atoms with E-state index in [4.69, 9.17) is 46.4 Å². The molecule has 8 aromatic carbocycles. The van der Waals surface area contributed by atoms with Crippen LogP contribution in [0.5, 0.6) is 0 Å². The van der Waals surface area contributed by atoms with E-state index >= 15 is 4.39 Å². The van der Waals surface area contributed by atoms with E-state index in [-0.39, 0.29) is 65.3 Å². The van der Waals surface area contributed by atoms with Crippen molar-refractivity contribution in [1.29, 1.82) is 0 Å². The Balaban J connectivity index is 0.000000148. The number of hydrogen-bond donors (Lipinski definition) is 4. The van der Waals surface area contributed by atoms with Gasteiger partial charge in [0, 0.05) is 87.7 Å². The first kappa shape index (κ1) is 110. The van der Waals surface area contributed by atoms with Crippen molar-refractivity contribution in [2.24, 2.45) is 5.92 Å². The maximum Gasteiger partial charge on any atom is 0.265 e. The Morgan fingerprint density at radius 3 is 0.899 bits per heavy atom. The summed E-state index contributed by atoms with van der Waals surface area (Å²) in [6, 6.07) is 48.1. The average molecular weight is 2250 g/mol. The number of benzene rings is 8. The van der Waals surface area contributed by atoms with Gasteiger partial charge in [0.15, 0.2) is 62.5 Å². The summed E-state index contributed by atoms with van der Waals surface area (Å²) >= 11 is 26.7. The lowest BCUT2D eigenvalue weighted by Crippen LogP contribution is -2.33. The SMILES string of the molecule is CCCNc1ccc2c(=O)n(-c3ccc(CC(=O)CS(=O)(=O)c4ccc(Cl)s4)cc3F)cnc2c1.CN(C)CCNc1ccc2c(=O)n(-c3ccc(CC(=O)CS(=O)(=O)c4ccc(Cl)s4)cc3F)cnc2c1.O=C(Cc1ccc(-n2cnc3cc(NCC4CC4)ccc3c2=O)c(F)c1)CS(=O)(=O)c1ccc(Cl)s1.O=C(Cc1ccc(-n2cnc3cc(NCCN4CCCCC4)ccc3c2=O)c(F)c1)CS(=O)(=O)c1ccc(Cl)s1. The van der Waals surface area contributed by atoms with Crippen molar-refractivity contribution in [1.82, 2.24) is 48.0 Å². The minimum Gasteiger partial charge on any atom is -0.385 e. The second-order valence-corrected chi connectivity index (χ2v) is 50.9. The summed E-state index contributed by atoms with van der Waals surface area (Å²) in [6.45, 7) is 9.28. The number of aromatic nitrogens is 8. The number of sulfone groups is 4. The molecule has 8 aromatic heterocycles. The lowest BCUT2D eigenvalue weighted by atomic mass is 10.1. The van der Waals surface area contributed by atoms with Crippen LogP contribution in [0, 0.1) is 29.2 Å². The number of nitrogens with one attached hydrogen (secondary N) is 4. The minimum atomic E-state index is -3.83. The van der Waals surface area contributed by atoms with Crippen LogP contribution in [-0.2, 0) is 84.2 Å². The Labute approximate surface area is 882 Å². The highest BCUT2D eigenvalue weighted by Gasteiger charge is 2.29. The van der Waals surface area contributed by atoms with Crippen molar-refractivity contribution < 1.29 is 70.4 Å². The molecule has 4 N–H and O–H groups in total. The zero-order valence-electron chi connectivity index (χ0n) is 79.2. The summed E-state index contributed by atoms with van der Waals surface area (Å²) < 4.78 is 165. The molecule has 1 saturated heterocycles. The van der Waals surface area contributed by atoms with Gasteiger partial charge in [-0.05, 0) is 257 Å². The van der Waals surface area contributed by atoms with Gasteiger partial charge in [0.1, 0.15) is 88.4 Å². The van der Waals surface area contributed by atoms with E-state index in [0.29, 0.717) is 89.1 Å². The van der Waals surface area contributed by atoms with Gasteiger partial charge in [0.25, 0.3) is 22.2 Å². The number of ketones is 4. The van der Waals surface area contributed by atoms with Crippen LogP contribution in [0.1, 0.15) is 67.7 Å². The van der Waals surface area contributed by atoms with E-state index in [1.54, 1.807) is 66.7 Å². The molecule has 46 heteroatoms. The topological polar surface area (TPSA) is 399 Å². The van der Waals surface area contributed by atoms with Crippen molar-refractivity contribution in [3.05, 3.63) is 324 Å². The third-order valence-corrected chi connectivity index (χ3v) is 37.5. The molecule has 2 fully saturated rings. The Bertz CT molecular complexity index is 8530. The number of nitrogens with zero attached hydrogens (tertiary/aromatic N) is 10. The molecule has 0 bridgehead atoms. The second-order valence-electron chi connectivity index (χ2n) is 35.2. The van der Waals surface area contributed by atoms with Gasteiger partial charge in [0.2, 0.25) is 0 Å². The molecule has 0 amide bonds. The van der Waals surface area contributed by atoms with Gasteiger partial charge < -0.3 is 31.1 Å². The molecule has 16 aromatic rings. The summed E-state index contributed by atoms with van der Waals surface area (Å²) in [6.07, 6.45) is 11.2. The first-order valence-corrected chi connectivity index (χ1v) is 57.5. The number of piperidine rings is 1. The number of rotatable bonds is 38. The lowest BCUT2D eigenvalue weighted by molar-refractivity contribution is -0.116. The molecule has 0 spiro atoms. The Hall–Kier alpha value is -12.4. The predicted molar refractivity (Wildman–Crippen MR) is 575 cm³/mol. The van der Waals surface area contributed by atoms with E-state index in [1.165, 1.54) is 154 Å². The van der Waals surface area contributed by atoms with Crippen molar-refractivity contribution >= 4 is 221 Å². The van der Waals surface area contributed by atoms with Crippen LogP contribution < -0.4 is 43.5 Å². The lowest BCUT2D eigenvalue weighted by Gasteiger charge is -2.26.